The number of halogens is 2. The van der Waals surface area contributed by atoms with E-state index < -0.39 is 51.0 Å². The molecule has 0 aliphatic carbocycles. The fraction of sp³-hybridized carbons (Fsp3) is 0.269. The summed E-state index contributed by atoms with van der Waals surface area (Å²) in [4.78, 5) is 13.3. The molecule has 12 heteroatoms. The van der Waals surface area contributed by atoms with E-state index in [4.69, 9.17) is 11.6 Å². The molecule has 0 radical (unpaired) electrons. The van der Waals surface area contributed by atoms with Crippen LogP contribution in [-0.2, 0) is 16.3 Å². The van der Waals surface area contributed by atoms with Crippen molar-refractivity contribution in [3.8, 4) is 0 Å². The number of aliphatic hydroxyl groups excluding tert-OH is 1. The average Bonchev–Trinajstić information content (AvgIpc) is 2.87. The molecule has 0 spiro atoms. The lowest BCUT2D eigenvalue weighted by Gasteiger charge is -2.51. The first-order valence-corrected chi connectivity index (χ1v) is 15.3. The fourth-order valence-electron chi connectivity index (χ4n) is 4.48. The quantitative estimate of drug-likeness (QED) is 0.301. The van der Waals surface area contributed by atoms with Crippen LogP contribution >= 0.6 is 22.4 Å². The van der Waals surface area contributed by atoms with E-state index in [-0.39, 0.29) is 26.8 Å². The first-order chi connectivity index (χ1) is 17.9. The molecule has 3 aromatic carbocycles. The molecule has 1 aliphatic heterocycles. The van der Waals surface area contributed by atoms with Crippen LogP contribution in [0.4, 0.5) is 10.1 Å². The van der Waals surface area contributed by atoms with E-state index in [1.165, 1.54) is 53.7 Å². The van der Waals surface area contributed by atoms with Crippen molar-refractivity contribution in [1.29, 1.82) is 0 Å². The van der Waals surface area contributed by atoms with Crippen LogP contribution in [0.25, 0.3) is 0 Å². The molecule has 2 atom stereocenters. The van der Waals surface area contributed by atoms with Crippen molar-refractivity contribution >= 4 is 43.8 Å². The fourth-order valence-corrected chi connectivity index (χ4v) is 7.52. The second-order valence-electron chi connectivity index (χ2n) is 9.00. The van der Waals surface area contributed by atoms with Crippen LogP contribution < -0.4 is 9.62 Å². The van der Waals surface area contributed by atoms with Gasteiger partial charge in [0, 0.05) is 10.6 Å². The number of benzene rings is 3. The smallest absolute Gasteiger partial charge is 0.251 e. The summed E-state index contributed by atoms with van der Waals surface area (Å²) in [6.45, 7) is 2.80. The van der Waals surface area contributed by atoms with Crippen molar-refractivity contribution in [3.05, 3.63) is 88.2 Å². The highest BCUT2D eigenvalue weighted by molar-refractivity contribution is 8.25. The molecule has 0 aromatic heterocycles. The zero-order valence-corrected chi connectivity index (χ0v) is 23.0. The number of carbonyl (C=O) groups excluding carboxylic acids is 1. The second kappa shape index (κ2) is 10.8. The Morgan fingerprint density at radius 3 is 2.45 bits per heavy atom. The molecule has 38 heavy (non-hydrogen) atoms. The van der Waals surface area contributed by atoms with E-state index in [9.17, 15) is 27.4 Å². The third-order valence-corrected chi connectivity index (χ3v) is 10.5. The Labute approximate surface area is 227 Å². The standard InChI is InChI=1S/C26H28ClFN2O6S2/c1-3-37(33,34)21-8-4-17(5-9-21)23(15-31)29-26(32)18-6-10-24(22(28)14-18)30-16(2)12-19-13-20(27)7-11-25(19)38(30,35)36/h4-11,13-14,16,23,31,35-36H,3,12,15H2,1-2H3,(H,29,32)/t16?,23-/m0/s1. The number of amides is 1. The minimum atomic E-state index is -3.57. The second-order valence-corrected chi connectivity index (χ2v) is 13.6. The Hall–Kier alpha value is -2.67. The van der Waals surface area contributed by atoms with Gasteiger partial charge in [0.25, 0.3) is 5.91 Å². The highest BCUT2D eigenvalue weighted by Gasteiger charge is 2.38. The largest absolute Gasteiger partial charge is 0.394 e. The van der Waals surface area contributed by atoms with Crippen molar-refractivity contribution < 1.29 is 31.8 Å². The molecule has 1 unspecified atom stereocenters. The van der Waals surface area contributed by atoms with Crippen molar-refractivity contribution in [1.82, 2.24) is 5.32 Å². The van der Waals surface area contributed by atoms with Crippen LogP contribution in [0.5, 0.6) is 0 Å². The number of fused-ring (bicyclic) bond motifs is 1. The van der Waals surface area contributed by atoms with Crippen LogP contribution in [0.2, 0.25) is 5.02 Å². The number of hydrogen-bond donors (Lipinski definition) is 4. The first kappa shape index (κ1) is 28.3. The number of rotatable bonds is 7. The zero-order chi connectivity index (χ0) is 27.8. The SMILES string of the molecule is CCS(=O)(=O)c1ccc([C@H](CO)NC(=O)c2ccc(N3C(C)Cc4cc(Cl)ccc4S3(O)O)c(F)c2)cc1. The first-order valence-electron chi connectivity index (χ1n) is 11.8. The summed E-state index contributed by atoms with van der Waals surface area (Å²) < 4.78 is 62.8. The lowest BCUT2D eigenvalue weighted by atomic mass is 10.1. The topological polar surface area (TPSA) is 127 Å². The van der Waals surface area contributed by atoms with Gasteiger partial charge >= 0.3 is 0 Å². The van der Waals surface area contributed by atoms with Gasteiger partial charge in [0.1, 0.15) is 5.82 Å². The van der Waals surface area contributed by atoms with Gasteiger partial charge in [0.2, 0.25) is 0 Å². The van der Waals surface area contributed by atoms with Crippen molar-refractivity contribution in [2.75, 3.05) is 16.7 Å². The third kappa shape index (κ3) is 5.40. The van der Waals surface area contributed by atoms with Gasteiger partial charge in [-0.25, -0.2) is 12.8 Å². The van der Waals surface area contributed by atoms with Gasteiger partial charge < -0.3 is 10.4 Å². The number of nitrogens with one attached hydrogen (secondary N) is 1. The summed E-state index contributed by atoms with van der Waals surface area (Å²) >= 11 is 6.05. The van der Waals surface area contributed by atoms with Gasteiger partial charge in [-0.15, -0.1) is 0 Å². The van der Waals surface area contributed by atoms with Crippen LogP contribution in [0, 0.1) is 5.82 Å². The molecule has 0 saturated heterocycles. The van der Waals surface area contributed by atoms with Gasteiger partial charge in [0.05, 0.1) is 39.9 Å². The predicted octanol–water partition coefficient (Wildman–Crippen LogP) is 5.21. The molecule has 3 aromatic rings. The van der Waals surface area contributed by atoms with E-state index in [1.807, 2.05) is 0 Å². The predicted molar refractivity (Wildman–Crippen MR) is 146 cm³/mol. The van der Waals surface area contributed by atoms with Crippen LogP contribution in [0.1, 0.15) is 41.4 Å². The normalized spacial score (nSPS) is 18.4. The van der Waals surface area contributed by atoms with Crippen LogP contribution in [0.3, 0.4) is 0 Å². The van der Waals surface area contributed by atoms with Gasteiger partial charge in [-0.3, -0.25) is 18.2 Å². The lowest BCUT2D eigenvalue weighted by Crippen LogP contribution is -2.41. The Morgan fingerprint density at radius 1 is 1.16 bits per heavy atom. The highest BCUT2D eigenvalue weighted by Crippen LogP contribution is 2.59. The molecule has 204 valence electrons. The molecule has 0 bridgehead atoms. The maximum atomic E-state index is 15.3. The van der Waals surface area contributed by atoms with E-state index in [1.54, 1.807) is 19.1 Å². The Balaban J connectivity index is 1.56. The van der Waals surface area contributed by atoms with Crippen molar-refractivity contribution in [2.45, 2.75) is 42.1 Å². The van der Waals surface area contributed by atoms with E-state index in [0.29, 0.717) is 22.6 Å². The number of hydrogen-bond acceptors (Lipinski definition) is 7. The Kier molecular flexibility index (Phi) is 8.08. The maximum Gasteiger partial charge on any atom is 0.251 e. The summed E-state index contributed by atoms with van der Waals surface area (Å²) in [7, 11) is -6.97. The average molecular weight is 583 g/mol. The molecule has 4 rings (SSSR count). The summed E-state index contributed by atoms with van der Waals surface area (Å²) in [5, 5.41) is 12.9. The molecule has 1 heterocycles. The summed E-state index contributed by atoms with van der Waals surface area (Å²) in [6.07, 6.45) is 0.407. The minimum absolute atomic E-state index is 0.0387. The molecular weight excluding hydrogens is 555 g/mol. The number of carbonyl (C=O) groups is 1. The van der Waals surface area contributed by atoms with Crippen LogP contribution in [-0.4, -0.2) is 46.9 Å². The molecule has 4 N–H and O–H groups in total. The number of anilines is 1. The molecular formula is C26H28ClFN2O6S2. The van der Waals surface area contributed by atoms with Gasteiger partial charge in [0.15, 0.2) is 9.84 Å². The van der Waals surface area contributed by atoms with Crippen molar-refractivity contribution in [3.63, 3.8) is 0 Å². The highest BCUT2D eigenvalue weighted by atomic mass is 35.5. The molecule has 8 nitrogen and oxygen atoms in total. The Bertz CT molecular complexity index is 1470. The molecule has 0 fully saturated rings. The van der Waals surface area contributed by atoms with Gasteiger partial charge in [-0.05, 0) is 73.0 Å². The minimum Gasteiger partial charge on any atom is -0.394 e. The number of nitrogens with zero attached hydrogens (tertiary/aromatic N) is 1. The summed E-state index contributed by atoms with van der Waals surface area (Å²) in [5.41, 5.74) is 1.04. The number of aliphatic hydroxyl groups is 1. The Morgan fingerprint density at radius 2 is 1.84 bits per heavy atom. The number of sulfone groups is 1. The van der Waals surface area contributed by atoms with Gasteiger partial charge in [-0.1, -0.05) is 41.4 Å². The summed E-state index contributed by atoms with van der Waals surface area (Å²) in [6, 6.07) is 12.9. The molecule has 0 saturated carbocycles. The zero-order valence-electron chi connectivity index (χ0n) is 20.6. The van der Waals surface area contributed by atoms with E-state index in [0.717, 1.165) is 6.07 Å². The van der Waals surface area contributed by atoms with E-state index in [2.05, 4.69) is 5.32 Å². The maximum absolute atomic E-state index is 15.3. The molecule has 1 amide bonds. The summed E-state index contributed by atoms with van der Waals surface area (Å²) in [5.74, 6) is -1.55. The van der Waals surface area contributed by atoms with E-state index >= 15 is 4.39 Å². The van der Waals surface area contributed by atoms with Gasteiger partial charge in [-0.2, -0.15) is 0 Å². The van der Waals surface area contributed by atoms with Crippen LogP contribution in [0.15, 0.2) is 70.5 Å². The van der Waals surface area contributed by atoms with Crippen molar-refractivity contribution in [2.24, 2.45) is 0 Å². The monoisotopic (exact) mass is 582 g/mol. The lowest BCUT2D eigenvalue weighted by molar-refractivity contribution is 0.0915. The third-order valence-electron chi connectivity index (χ3n) is 6.46. The molecule has 1 aliphatic rings.